The molecule has 1 heterocycles. The number of anilines is 1. The molecule has 2 rings (SSSR count). The van der Waals surface area contributed by atoms with Crippen LogP contribution in [0.4, 0.5) is 5.69 Å². The summed E-state index contributed by atoms with van der Waals surface area (Å²) in [6.45, 7) is 3.49. The van der Waals surface area contributed by atoms with Crippen molar-refractivity contribution in [1.82, 2.24) is 4.98 Å². The van der Waals surface area contributed by atoms with E-state index in [1.807, 2.05) is 0 Å². The number of rotatable bonds is 3. The highest BCUT2D eigenvalue weighted by Gasteiger charge is 2.14. The van der Waals surface area contributed by atoms with Crippen molar-refractivity contribution in [1.29, 1.82) is 0 Å². The highest BCUT2D eigenvalue weighted by Crippen LogP contribution is 2.20. The highest BCUT2D eigenvalue weighted by atomic mass is 32.2. The molecule has 3 N–H and O–H groups in total. The van der Waals surface area contributed by atoms with Crippen molar-refractivity contribution in [2.24, 2.45) is 5.14 Å². The average molecular weight is 305 g/mol. The van der Waals surface area contributed by atoms with Gasteiger partial charge in [0.05, 0.1) is 10.5 Å². The summed E-state index contributed by atoms with van der Waals surface area (Å²) in [5.41, 5.74) is 2.15. The summed E-state index contributed by atoms with van der Waals surface area (Å²) in [4.78, 5) is 16.2. The Bertz CT molecular complexity index is 801. The first-order valence-corrected chi connectivity index (χ1v) is 7.70. The number of carbonyl (C=O) groups excluding carboxylic acids is 1. The Kier molecular flexibility index (Phi) is 4.06. The number of nitrogens with two attached hydrogens (primary N) is 1. The zero-order valence-electron chi connectivity index (χ0n) is 11.6. The average Bonchev–Trinajstić information content (AvgIpc) is 2.40. The predicted molar refractivity (Wildman–Crippen MR) is 79.5 cm³/mol. The molecule has 6 nitrogen and oxygen atoms in total. The SMILES string of the molecule is Cc1ccc(S(N)(=O)=O)cc1NC(=O)c1cccnc1C. The van der Waals surface area contributed by atoms with Gasteiger partial charge in [-0.25, -0.2) is 13.6 Å². The lowest BCUT2D eigenvalue weighted by molar-refractivity contribution is 0.102. The van der Waals surface area contributed by atoms with Gasteiger partial charge in [0.2, 0.25) is 10.0 Å². The lowest BCUT2D eigenvalue weighted by Gasteiger charge is -2.11. The molecule has 0 bridgehead atoms. The molecule has 21 heavy (non-hydrogen) atoms. The van der Waals surface area contributed by atoms with E-state index in [4.69, 9.17) is 5.14 Å². The number of pyridine rings is 1. The number of carbonyl (C=O) groups is 1. The van der Waals surface area contributed by atoms with Crippen LogP contribution in [-0.2, 0) is 10.0 Å². The standard InChI is InChI=1S/C14H15N3O3S/c1-9-5-6-11(21(15,19)20)8-13(9)17-14(18)12-4-3-7-16-10(12)2/h3-8H,1-2H3,(H,17,18)(H2,15,19,20). The van der Waals surface area contributed by atoms with Crippen molar-refractivity contribution in [3.8, 4) is 0 Å². The Balaban J connectivity index is 2.36. The van der Waals surface area contributed by atoms with Crippen LogP contribution in [-0.4, -0.2) is 19.3 Å². The van der Waals surface area contributed by atoms with E-state index in [0.29, 0.717) is 16.9 Å². The zero-order valence-corrected chi connectivity index (χ0v) is 12.4. The quantitative estimate of drug-likeness (QED) is 0.899. The van der Waals surface area contributed by atoms with E-state index in [1.54, 1.807) is 38.2 Å². The fourth-order valence-corrected chi connectivity index (χ4v) is 2.37. The van der Waals surface area contributed by atoms with Crippen LogP contribution in [0.5, 0.6) is 0 Å². The first-order valence-electron chi connectivity index (χ1n) is 6.15. The minimum absolute atomic E-state index is 0.0497. The van der Waals surface area contributed by atoms with Gasteiger partial charge in [0, 0.05) is 17.6 Å². The third-order valence-electron chi connectivity index (χ3n) is 3.04. The van der Waals surface area contributed by atoms with E-state index in [1.165, 1.54) is 12.1 Å². The minimum Gasteiger partial charge on any atom is -0.322 e. The van der Waals surface area contributed by atoms with Crippen LogP contribution < -0.4 is 10.5 Å². The van der Waals surface area contributed by atoms with Gasteiger partial charge in [-0.3, -0.25) is 9.78 Å². The largest absolute Gasteiger partial charge is 0.322 e. The number of primary sulfonamides is 1. The summed E-state index contributed by atoms with van der Waals surface area (Å²) < 4.78 is 22.7. The molecule has 1 aromatic carbocycles. The second kappa shape index (κ2) is 5.63. The molecule has 0 aliphatic rings. The van der Waals surface area contributed by atoms with Crippen LogP contribution in [0.1, 0.15) is 21.6 Å². The molecule has 110 valence electrons. The highest BCUT2D eigenvalue weighted by molar-refractivity contribution is 7.89. The van der Waals surface area contributed by atoms with Crippen LogP contribution in [0, 0.1) is 13.8 Å². The number of hydrogen-bond donors (Lipinski definition) is 2. The Labute approximate surface area is 123 Å². The molecule has 0 atom stereocenters. The molecule has 2 aromatic rings. The normalized spacial score (nSPS) is 11.2. The van der Waals surface area contributed by atoms with E-state index in [2.05, 4.69) is 10.3 Å². The number of nitrogens with one attached hydrogen (secondary N) is 1. The Morgan fingerprint density at radius 3 is 2.57 bits per heavy atom. The van der Waals surface area contributed by atoms with Crippen molar-refractivity contribution in [2.45, 2.75) is 18.7 Å². The third kappa shape index (κ3) is 3.45. The molecule has 1 amide bonds. The van der Waals surface area contributed by atoms with Gasteiger partial charge in [0.15, 0.2) is 0 Å². The number of sulfonamides is 1. The molecule has 0 spiro atoms. The summed E-state index contributed by atoms with van der Waals surface area (Å²) in [5, 5.41) is 7.77. The Hall–Kier alpha value is -2.25. The van der Waals surface area contributed by atoms with E-state index in [9.17, 15) is 13.2 Å². The third-order valence-corrected chi connectivity index (χ3v) is 3.95. The Morgan fingerprint density at radius 1 is 1.24 bits per heavy atom. The van der Waals surface area contributed by atoms with Crippen molar-refractivity contribution in [3.05, 3.63) is 53.3 Å². The molecule has 7 heteroatoms. The molecule has 0 fully saturated rings. The maximum atomic E-state index is 12.2. The van der Waals surface area contributed by atoms with Crippen molar-refractivity contribution in [3.63, 3.8) is 0 Å². The summed E-state index contributed by atoms with van der Waals surface area (Å²) >= 11 is 0. The lowest BCUT2D eigenvalue weighted by atomic mass is 10.1. The van der Waals surface area contributed by atoms with Crippen LogP contribution in [0.15, 0.2) is 41.4 Å². The molecule has 1 aromatic heterocycles. The van der Waals surface area contributed by atoms with E-state index < -0.39 is 10.0 Å². The van der Waals surface area contributed by atoms with E-state index >= 15 is 0 Å². The maximum Gasteiger partial charge on any atom is 0.257 e. The van der Waals surface area contributed by atoms with Gasteiger partial charge in [-0.2, -0.15) is 0 Å². The van der Waals surface area contributed by atoms with Crippen LogP contribution in [0.25, 0.3) is 0 Å². The van der Waals surface area contributed by atoms with Crippen LogP contribution >= 0.6 is 0 Å². The number of hydrogen-bond acceptors (Lipinski definition) is 4. The van der Waals surface area contributed by atoms with Crippen molar-refractivity contribution >= 4 is 21.6 Å². The summed E-state index contributed by atoms with van der Waals surface area (Å²) in [6.07, 6.45) is 1.60. The molecular weight excluding hydrogens is 290 g/mol. The number of aryl methyl sites for hydroxylation is 2. The number of benzene rings is 1. The molecule has 0 saturated carbocycles. The predicted octanol–water partition coefficient (Wildman–Crippen LogP) is 1.60. The second-order valence-corrected chi connectivity index (χ2v) is 6.17. The van der Waals surface area contributed by atoms with Gasteiger partial charge in [-0.05, 0) is 43.7 Å². The van der Waals surface area contributed by atoms with Crippen molar-refractivity contribution in [2.75, 3.05) is 5.32 Å². The summed E-state index contributed by atoms with van der Waals surface area (Å²) in [6, 6.07) is 7.64. The molecule has 0 saturated heterocycles. The molecular formula is C14H15N3O3S. The number of nitrogens with zero attached hydrogens (tertiary/aromatic N) is 1. The van der Waals surface area contributed by atoms with Gasteiger partial charge >= 0.3 is 0 Å². The Morgan fingerprint density at radius 2 is 1.95 bits per heavy atom. The smallest absolute Gasteiger partial charge is 0.257 e. The van der Waals surface area contributed by atoms with Crippen LogP contribution in [0.3, 0.4) is 0 Å². The lowest BCUT2D eigenvalue weighted by Crippen LogP contribution is -2.16. The molecule has 0 aliphatic carbocycles. The fourth-order valence-electron chi connectivity index (χ4n) is 1.83. The molecule has 0 unspecified atom stereocenters. The second-order valence-electron chi connectivity index (χ2n) is 4.61. The summed E-state index contributed by atoms with van der Waals surface area (Å²) in [5.74, 6) is -0.352. The number of amides is 1. The minimum atomic E-state index is -3.81. The van der Waals surface area contributed by atoms with E-state index in [-0.39, 0.29) is 10.8 Å². The summed E-state index contributed by atoms with van der Waals surface area (Å²) in [7, 11) is -3.81. The van der Waals surface area contributed by atoms with Gasteiger partial charge in [-0.1, -0.05) is 6.07 Å². The first-order chi connectivity index (χ1) is 9.79. The van der Waals surface area contributed by atoms with Gasteiger partial charge in [0.25, 0.3) is 5.91 Å². The van der Waals surface area contributed by atoms with E-state index in [0.717, 1.165) is 5.56 Å². The van der Waals surface area contributed by atoms with Gasteiger partial charge in [-0.15, -0.1) is 0 Å². The number of aromatic nitrogens is 1. The van der Waals surface area contributed by atoms with Crippen molar-refractivity contribution < 1.29 is 13.2 Å². The van der Waals surface area contributed by atoms with Gasteiger partial charge < -0.3 is 5.32 Å². The van der Waals surface area contributed by atoms with Gasteiger partial charge in [0.1, 0.15) is 0 Å². The molecule has 0 aliphatic heterocycles. The molecule has 0 radical (unpaired) electrons. The monoisotopic (exact) mass is 305 g/mol. The maximum absolute atomic E-state index is 12.2. The fraction of sp³-hybridized carbons (Fsp3) is 0.143. The first kappa shape index (κ1) is 15.1. The topological polar surface area (TPSA) is 102 Å². The van der Waals surface area contributed by atoms with Crippen LogP contribution in [0.2, 0.25) is 0 Å². The zero-order chi connectivity index (χ0) is 15.6.